The number of amides is 1. The first kappa shape index (κ1) is 22.2. The number of aromatic nitrogens is 1. The molecule has 2 aromatic heterocycles. The lowest BCUT2D eigenvalue weighted by atomic mass is 10.1. The minimum atomic E-state index is -0.694. The van der Waals surface area contributed by atoms with E-state index in [1.54, 1.807) is 23.1 Å². The van der Waals surface area contributed by atoms with E-state index >= 15 is 0 Å². The predicted molar refractivity (Wildman–Crippen MR) is 120 cm³/mol. The van der Waals surface area contributed by atoms with Crippen molar-refractivity contribution in [2.75, 3.05) is 31.1 Å². The number of halogens is 2. The smallest absolute Gasteiger partial charge is 0.410 e. The number of hydrogen-bond donors (Lipinski definition) is 0. The van der Waals surface area contributed by atoms with E-state index in [-0.39, 0.29) is 12.7 Å². The number of hydrogen-bond acceptors (Lipinski definition) is 6. The molecule has 0 unspecified atom stereocenters. The normalized spacial score (nSPS) is 14.7. The van der Waals surface area contributed by atoms with Crippen LogP contribution < -0.4 is 9.64 Å². The number of rotatable bonds is 4. The molecule has 1 fully saturated rings. The van der Waals surface area contributed by atoms with Crippen LogP contribution in [0, 0.1) is 6.01 Å². The highest BCUT2D eigenvalue weighted by atomic mass is 35.5. The molecule has 1 saturated heterocycles. The fourth-order valence-electron chi connectivity index (χ4n) is 3.49. The van der Waals surface area contributed by atoms with Gasteiger partial charge in [0.2, 0.25) is 5.88 Å². The lowest BCUT2D eigenvalue weighted by Crippen LogP contribution is -2.50. The molecule has 1 aliphatic rings. The standard InChI is InChI=1S/C23H25ClFN3O4/c1-23(2,3)32-22(29)28-11-9-27(10-12-28)19-5-4-6-20(26-19)30-14-15-7-8-17(24)16-13-18(25)31-21(15)16/h4-8,13H,9-12,14H2,1-3H3. The molecule has 0 atom stereocenters. The summed E-state index contributed by atoms with van der Waals surface area (Å²) in [6.45, 7) is 8.10. The van der Waals surface area contributed by atoms with Crippen molar-refractivity contribution in [1.29, 1.82) is 0 Å². The van der Waals surface area contributed by atoms with Crippen LogP contribution in [0.2, 0.25) is 5.02 Å². The number of fused-ring (bicyclic) bond motifs is 1. The molecule has 3 heterocycles. The van der Waals surface area contributed by atoms with Crippen LogP contribution in [0.1, 0.15) is 26.3 Å². The van der Waals surface area contributed by atoms with Crippen LogP contribution in [0.25, 0.3) is 11.0 Å². The molecule has 1 amide bonds. The van der Waals surface area contributed by atoms with Gasteiger partial charge in [-0.25, -0.2) is 4.79 Å². The van der Waals surface area contributed by atoms with Crippen molar-refractivity contribution in [1.82, 2.24) is 9.88 Å². The molecule has 0 bridgehead atoms. The highest BCUT2D eigenvalue weighted by Crippen LogP contribution is 2.30. The van der Waals surface area contributed by atoms with Crippen LogP contribution in [0.4, 0.5) is 15.0 Å². The number of piperazine rings is 1. The van der Waals surface area contributed by atoms with Crippen molar-refractivity contribution < 1.29 is 23.1 Å². The Morgan fingerprint density at radius 1 is 1.19 bits per heavy atom. The highest BCUT2D eigenvalue weighted by molar-refractivity contribution is 6.35. The number of anilines is 1. The van der Waals surface area contributed by atoms with E-state index in [1.807, 2.05) is 32.9 Å². The number of nitrogens with zero attached hydrogens (tertiary/aromatic N) is 3. The summed E-state index contributed by atoms with van der Waals surface area (Å²) in [5, 5.41) is 0.928. The molecule has 3 aromatic rings. The fourth-order valence-corrected chi connectivity index (χ4v) is 3.69. The largest absolute Gasteiger partial charge is 0.473 e. The van der Waals surface area contributed by atoms with E-state index in [0.717, 1.165) is 5.82 Å². The van der Waals surface area contributed by atoms with E-state index in [1.165, 1.54) is 6.07 Å². The zero-order valence-corrected chi connectivity index (χ0v) is 19.0. The molecule has 0 spiro atoms. The molecule has 0 saturated carbocycles. The average molecular weight is 462 g/mol. The van der Waals surface area contributed by atoms with Gasteiger partial charge in [-0.1, -0.05) is 23.7 Å². The van der Waals surface area contributed by atoms with Gasteiger partial charge in [-0.05, 0) is 32.9 Å². The fraction of sp³-hybridized carbons (Fsp3) is 0.391. The maximum Gasteiger partial charge on any atom is 0.410 e. The van der Waals surface area contributed by atoms with Gasteiger partial charge in [-0.3, -0.25) is 0 Å². The average Bonchev–Trinajstić information content (AvgIpc) is 3.15. The number of pyridine rings is 1. The minimum Gasteiger partial charge on any atom is -0.473 e. The third-order valence-corrected chi connectivity index (χ3v) is 5.35. The van der Waals surface area contributed by atoms with Crippen LogP contribution in [-0.2, 0) is 11.3 Å². The SMILES string of the molecule is CC(C)(C)OC(=O)N1CCN(c2cccc(OCc3ccc(Cl)c4cc(F)oc34)n2)CC1. The van der Waals surface area contributed by atoms with Gasteiger partial charge in [-0.2, -0.15) is 9.37 Å². The second kappa shape index (κ2) is 8.86. The summed E-state index contributed by atoms with van der Waals surface area (Å²) in [6.07, 6.45) is -0.300. The summed E-state index contributed by atoms with van der Waals surface area (Å²) >= 11 is 6.11. The van der Waals surface area contributed by atoms with Crippen molar-refractivity contribution >= 4 is 34.5 Å². The Bertz CT molecular complexity index is 1120. The van der Waals surface area contributed by atoms with Crippen molar-refractivity contribution in [2.24, 2.45) is 0 Å². The maximum absolute atomic E-state index is 13.5. The van der Waals surface area contributed by atoms with Gasteiger partial charge in [0.25, 0.3) is 6.01 Å². The van der Waals surface area contributed by atoms with Crippen molar-refractivity contribution in [3.8, 4) is 5.88 Å². The highest BCUT2D eigenvalue weighted by Gasteiger charge is 2.26. The topological polar surface area (TPSA) is 68.0 Å². The lowest BCUT2D eigenvalue weighted by Gasteiger charge is -2.36. The van der Waals surface area contributed by atoms with Gasteiger partial charge in [0, 0.05) is 49.3 Å². The Kier molecular flexibility index (Phi) is 6.15. The number of ether oxygens (including phenoxy) is 2. The van der Waals surface area contributed by atoms with Crippen molar-refractivity contribution in [3.63, 3.8) is 0 Å². The quantitative estimate of drug-likeness (QED) is 0.528. The van der Waals surface area contributed by atoms with E-state index in [4.69, 9.17) is 25.5 Å². The Morgan fingerprint density at radius 2 is 1.94 bits per heavy atom. The van der Waals surface area contributed by atoms with Crippen LogP contribution in [0.5, 0.6) is 5.88 Å². The van der Waals surface area contributed by atoms with Crippen molar-refractivity contribution in [2.45, 2.75) is 33.0 Å². The first-order valence-corrected chi connectivity index (χ1v) is 10.8. The summed E-state index contributed by atoms with van der Waals surface area (Å²) in [5.41, 5.74) is 0.523. The Morgan fingerprint density at radius 3 is 2.66 bits per heavy atom. The van der Waals surface area contributed by atoms with Crippen LogP contribution in [0.3, 0.4) is 0 Å². The molecule has 4 rings (SSSR count). The third kappa shape index (κ3) is 5.07. The first-order valence-electron chi connectivity index (χ1n) is 10.4. The van der Waals surface area contributed by atoms with E-state index in [2.05, 4.69) is 9.88 Å². The van der Waals surface area contributed by atoms with E-state index < -0.39 is 11.6 Å². The molecule has 0 radical (unpaired) electrons. The van der Waals surface area contributed by atoms with Crippen molar-refractivity contribution in [3.05, 3.63) is 53.0 Å². The van der Waals surface area contributed by atoms with Gasteiger partial charge < -0.3 is 23.7 Å². The van der Waals surface area contributed by atoms with Gasteiger partial charge >= 0.3 is 6.09 Å². The molecule has 1 aliphatic heterocycles. The third-order valence-electron chi connectivity index (χ3n) is 5.02. The molecule has 170 valence electrons. The summed E-state index contributed by atoms with van der Waals surface area (Å²) < 4.78 is 30.0. The molecule has 32 heavy (non-hydrogen) atoms. The maximum atomic E-state index is 13.5. The monoisotopic (exact) mass is 461 g/mol. The number of carbonyl (C=O) groups is 1. The number of benzene rings is 1. The van der Waals surface area contributed by atoms with Crippen LogP contribution >= 0.6 is 11.6 Å². The Hall–Kier alpha value is -3.00. The molecule has 7 nitrogen and oxygen atoms in total. The molecule has 0 N–H and O–H groups in total. The van der Waals surface area contributed by atoms with Crippen LogP contribution in [0.15, 0.2) is 40.8 Å². The van der Waals surface area contributed by atoms with Gasteiger partial charge in [-0.15, -0.1) is 0 Å². The summed E-state index contributed by atoms with van der Waals surface area (Å²) in [7, 11) is 0. The number of carbonyl (C=O) groups excluding carboxylic acids is 1. The predicted octanol–water partition coefficient (Wildman–Crippen LogP) is 5.26. The molecule has 1 aromatic carbocycles. The second-order valence-corrected chi connectivity index (χ2v) is 8.98. The van der Waals surface area contributed by atoms with E-state index in [9.17, 15) is 9.18 Å². The molecular formula is C23H25ClFN3O4. The second-order valence-electron chi connectivity index (χ2n) is 8.58. The van der Waals surface area contributed by atoms with Crippen LogP contribution in [-0.4, -0.2) is 47.8 Å². The van der Waals surface area contributed by atoms with Gasteiger partial charge in [0.1, 0.15) is 23.6 Å². The summed E-state index contributed by atoms with van der Waals surface area (Å²) in [4.78, 5) is 20.6. The minimum absolute atomic E-state index is 0.156. The number of furan rings is 1. The lowest BCUT2D eigenvalue weighted by molar-refractivity contribution is 0.0240. The zero-order valence-electron chi connectivity index (χ0n) is 18.2. The Balaban J connectivity index is 1.39. The summed E-state index contributed by atoms with van der Waals surface area (Å²) in [5.74, 6) is 1.20. The Labute approximate surface area is 190 Å². The molecule has 0 aliphatic carbocycles. The summed E-state index contributed by atoms with van der Waals surface area (Å²) in [6, 6.07) is 9.52. The van der Waals surface area contributed by atoms with Gasteiger partial charge in [0.15, 0.2) is 0 Å². The van der Waals surface area contributed by atoms with E-state index in [0.29, 0.717) is 53.6 Å². The molecular weight excluding hydrogens is 437 g/mol. The van der Waals surface area contributed by atoms with Gasteiger partial charge in [0.05, 0.1) is 5.02 Å². The zero-order chi connectivity index (χ0) is 22.9. The first-order chi connectivity index (χ1) is 15.2. The molecule has 9 heteroatoms.